The number of fused-ring (bicyclic) bond motifs is 1. The normalized spacial score (nSPS) is 27.5. The molecular formula is C30H52O5Si2. The maximum Gasteiger partial charge on any atom is 0.306 e. The van der Waals surface area contributed by atoms with E-state index in [4.69, 9.17) is 18.3 Å². The standard InChI is InChI=1S/C30H52O5Si2/c1-20-15-16-25(31)33-24(19-32-36(11,12)29(5,6)7)18-23(4)26-28(34-26)27(22(3)17-21(20)2)35-37(13,14)30(8,9)10/h24,26-28H,1-4,15-19H2,5-14H3/t24-,26+,27-,28-/m0/s1. The van der Waals surface area contributed by atoms with Crippen LogP contribution < -0.4 is 0 Å². The highest BCUT2D eigenvalue weighted by atomic mass is 28.4. The average Bonchev–Trinajstić information content (AvgIpc) is 3.52. The first-order valence-corrected chi connectivity index (χ1v) is 19.4. The summed E-state index contributed by atoms with van der Waals surface area (Å²) in [7, 11) is -4.11. The number of epoxide rings is 1. The zero-order valence-electron chi connectivity index (χ0n) is 25.2. The minimum atomic E-state index is -2.10. The lowest BCUT2D eigenvalue weighted by Gasteiger charge is -2.39. The summed E-state index contributed by atoms with van der Waals surface area (Å²) in [6.45, 7) is 39.7. The van der Waals surface area contributed by atoms with Gasteiger partial charge in [-0.2, -0.15) is 0 Å². The van der Waals surface area contributed by atoms with Gasteiger partial charge < -0.3 is 18.3 Å². The second kappa shape index (κ2) is 11.5. The van der Waals surface area contributed by atoms with Crippen molar-refractivity contribution in [3.63, 3.8) is 0 Å². The highest BCUT2D eigenvalue weighted by molar-refractivity contribution is 6.74. The Morgan fingerprint density at radius 1 is 0.865 bits per heavy atom. The van der Waals surface area contributed by atoms with Crippen LogP contribution >= 0.6 is 0 Å². The molecule has 2 aliphatic heterocycles. The molecular weight excluding hydrogens is 496 g/mol. The average molecular weight is 549 g/mol. The molecule has 7 heteroatoms. The summed E-state index contributed by atoms with van der Waals surface area (Å²) in [5.41, 5.74) is 3.55. The second-order valence-electron chi connectivity index (χ2n) is 13.9. The van der Waals surface area contributed by atoms with E-state index in [1.54, 1.807) is 0 Å². The van der Waals surface area contributed by atoms with Crippen molar-refractivity contribution in [3.8, 4) is 0 Å². The van der Waals surface area contributed by atoms with E-state index in [0.29, 0.717) is 25.9 Å². The van der Waals surface area contributed by atoms with Crippen molar-refractivity contribution >= 4 is 22.6 Å². The lowest BCUT2D eigenvalue weighted by molar-refractivity contribution is -0.150. The number of rotatable bonds is 5. The van der Waals surface area contributed by atoms with E-state index in [9.17, 15) is 4.79 Å². The van der Waals surface area contributed by atoms with Crippen LogP contribution in [0.25, 0.3) is 0 Å². The Labute approximate surface area is 228 Å². The Kier molecular flexibility index (Phi) is 9.90. The maximum atomic E-state index is 12.8. The van der Waals surface area contributed by atoms with Gasteiger partial charge in [-0.1, -0.05) is 73.4 Å². The van der Waals surface area contributed by atoms with Crippen LogP contribution in [0.4, 0.5) is 0 Å². The van der Waals surface area contributed by atoms with Crippen molar-refractivity contribution in [3.05, 3.63) is 48.6 Å². The lowest BCUT2D eigenvalue weighted by Crippen LogP contribution is -2.46. The molecule has 4 atom stereocenters. The monoisotopic (exact) mass is 548 g/mol. The van der Waals surface area contributed by atoms with E-state index in [2.05, 4.69) is 94.0 Å². The minimum absolute atomic E-state index is 0.0503. The van der Waals surface area contributed by atoms with Gasteiger partial charge in [-0.3, -0.25) is 4.79 Å². The molecule has 0 aromatic carbocycles. The first kappa shape index (κ1) is 32.0. The summed E-state index contributed by atoms with van der Waals surface area (Å²) in [5, 5.41) is 0.113. The van der Waals surface area contributed by atoms with E-state index in [0.717, 1.165) is 22.3 Å². The van der Waals surface area contributed by atoms with Crippen LogP contribution in [0, 0.1) is 0 Å². The van der Waals surface area contributed by atoms with Crippen LogP contribution in [0.3, 0.4) is 0 Å². The third-order valence-electron chi connectivity index (χ3n) is 8.65. The summed E-state index contributed by atoms with van der Waals surface area (Å²) in [6, 6.07) is 0. The van der Waals surface area contributed by atoms with E-state index >= 15 is 0 Å². The van der Waals surface area contributed by atoms with E-state index < -0.39 is 22.7 Å². The van der Waals surface area contributed by atoms with Gasteiger partial charge in [-0.25, -0.2) is 0 Å². The number of ether oxygens (including phenoxy) is 2. The van der Waals surface area contributed by atoms with Gasteiger partial charge >= 0.3 is 5.97 Å². The van der Waals surface area contributed by atoms with E-state index in [1.807, 2.05) is 0 Å². The fourth-order valence-electron chi connectivity index (χ4n) is 3.79. The lowest BCUT2D eigenvalue weighted by atomic mass is 9.92. The van der Waals surface area contributed by atoms with Crippen LogP contribution in [-0.2, 0) is 23.1 Å². The van der Waals surface area contributed by atoms with Crippen molar-refractivity contribution in [2.24, 2.45) is 0 Å². The van der Waals surface area contributed by atoms with Crippen LogP contribution in [-0.4, -0.2) is 53.6 Å². The summed E-state index contributed by atoms with van der Waals surface area (Å²) in [6.07, 6.45) is 0.818. The number of esters is 1. The number of hydrogen-bond donors (Lipinski definition) is 0. The predicted octanol–water partition coefficient (Wildman–Crippen LogP) is 7.88. The van der Waals surface area contributed by atoms with Crippen molar-refractivity contribution in [1.82, 2.24) is 0 Å². The summed E-state index contributed by atoms with van der Waals surface area (Å²) >= 11 is 0. The van der Waals surface area contributed by atoms with Crippen LogP contribution in [0.1, 0.15) is 67.2 Å². The van der Waals surface area contributed by atoms with Gasteiger partial charge in [0.25, 0.3) is 0 Å². The molecule has 210 valence electrons. The van der Waals surface area contributed by atoms with Crippen molar-refractivity contribution in [2.45, 2.75) is 128 Å². The fraction of sp³-hybridized carbons (Fsp3) is 0.700. The van der Waals surface area contributed by atoms with Gasteiger partial charge in [0.2, 0.25) is 0 Å². The number of carbonyl (C=O) groups excluding carboxylic acids is 1. The number of allylic oxidation sites excluding steroid dienone is 2. The molecule has 5 nitrogen and oxygen atoms in total. The molecule has 0 bridgehead atoms. The second-order valence-corrected chi connectivity index (χ2v) is 23.5. The SMILES string of the molecule is C=C1CCC(=O)O[C@H](CO[Si](C)(C)C(C)(C)C)CC(=C)[C@H]2O[C@@H]2[C@@H](O[Si](C)(C)C(C)(C)C)C(=C)CC1=C. The largest absolute Gasteiger partial charge is 0.460 e. The van der Waals surface area contributed by atoms with Gasteiger partial charge in [0.1, 0.15) is 18.3 Å². The molecule has 0 spiro atoms. The van der Waals surface area contributed by atoms with Crippen molar-refractivity contribution in [1.29, 1.82) is 0 Å². The maximum absolute atomic E-state index is 12.8. The fourth-order valence-corrected chi connectivity index (χ4v) is 6.12. The third-order valence-corrected chi connectivity index (χ3v) is 17.6. The Balaban J connectivity index is 2.30. The zero-order valence-corrected chi connectivity index (χ0v) is 27.2. The molecule has 37 heavy (non-hydrogen) atoms. The number of hydrogen-bond acceptors (Lipinski definition) is 5. The molecule has 2 rings (SSSR count). The first-order valence-electron chi connectivity index (χ1n) is 13.5. The quantitative estimate of drug-likeness (QED) is 0.151. The Morgan fingerprint density at radius 2 is 1.43 bits per heavy atom. The van der Waals surface area contributed by atoms with Crippen molar-refractivity contribution < 1.29 is 23.1 Å². The van der Waals surface area contributed by atoms with Gasteiger partial charge in [-0.15, -0.1) is 0 Å². The topological polar surface area (TPSA) is 57.3 Å². The molecule has 2 fully saturated rings. The third kappa shape index (κ3) is 8.36. The highest BCUT2D eigenvalue weighted by Gasteiger charge is 2.51. The summed E-state index contributed by atoms with van der Waals surface area (Å²) in [5.74, 6) is -0.256. The van der Waals surface area contributed by atoms with Crippen molar-refractivity contribution in [2.75, 3.05) is 6.61 Å². The Bertz CT molecular complexity index is 919. The van der Waals surface area contributed by atoms with Crippen LogP contribution in [0.15, 0.2) is 48.6 Å². The molecule has 0 N–H and O–H groups in total. The molecule has 0 amide bonds. The predicted molar refractivity (Wildman–Crippen MR) is 159 cm³/mol. The zero-order chi connectivity index (χ0) is 28.6. The molecule has 0 aromatic heterocycles. The molecule has 2 aliphatic rings. The molecule has 2 heterocycles. The Hall–Kier alpha value is -1.26. The van der Waals surface area contributed by atoms with E-state index in [-0.39, 0.29) is 40.8 Å². The number of cyclic esters (lactones) is 1. The summed E-state index contributed by atoms with van der Waals surface area (Å²) < 4.78 is 25.4. The van der Waals surface area contributed by atoms with Crippen LogP contribution in [0.5, 0.6) is 0 Å². The summed E-state index contributed by atoms with van der Waals surface area (Å²) in [4.78, 5) is 12.8. The smallest absolute Gasteiger partial charge is 0.306 e. The van der Waals surface area contributed by atoms with Gasteiger partial charge in [0.05, 0.1) is 12.7 Å². The van der Waals surface area contributed by atoms with Gasteiger partial charge in [0.15, 0.2) is 16.6 Å². The Morgan fingerprint density at radius 3 is 1.97 bits per heavy atom. The molecule has 0 aliphatic carbocycles. The molecule has 0 aromatic rings. The van der Waals surface area contributed by atoms with Gasteiger partial charge in [0, 0.05) is 12.8 Å². The van der Waals surface area contributed by atoms with Crippen LogP contribution in [0.2, 0.25) is 36.3 Å². The van der Waals surface area contributed by atoms with Gasteiger partial charge in [-0.05, 0) is 65.8 Å². The molecule has 0 unspecified atom stereocenters. The number of carbonyl (C=O) groups is 1. The highest BCUT2D eigenvalue weighted by Crippen LogP contribution is 2.44. The molecule has 2 saturated heterocycles. The van der Waals surface area contributed by atoms with E-state index in [1.165, 1.54) is 0 Å². The molecule has 0 radical (unpaired) electrons. The minimum Gasteiger partial charge on any atom is -0.460 e. The molecule has 0 saturated carbocycles. The first-order chi connectivity index (χ1) is 16.7.